The van der Waals surface area contributed by atoms with Crippen molar-refractivity contribution in [3.05, 3.63) is 113 Å². The van der Waals surface area contributed by atoms with Gasteiger partial charge in [0, 0.05) is 11.1 Å². The molecule has 0 saturated heterocycles. The smallest absolute Gasteiger partial charge is 0.164 e. The molecule has 2 aliphatic rings. The summed E-state index contributed by atoms with van der Waals surface area (Å²) in [6.07, 6.45) is 2.03. The van der Waals surface area contributed by atoms with E-state index in [4.69, 9.17) is 14.5 Å². The van der Waals surface area contributed by atoms with Gasteiger partial charge in [0.15, 0.2) is 5.82 Å². The average Bonchev–Trinajstić information content (AvgIpc) is 3.27. The number of methoxy groups -OCH3 is 2. The summed E-state index contributed by atoms with van der Waals surface area (Å²) >= 11 is 0. The van der Waals surface area contributed by atoms with Gasteiger partial charge in [-0.15, -0.1) is 0 Å². The number of fused-ring (bicyclic) bond motifs is 1. The van der Waals surface area contributed by atoms with Crippen LogP contribution in [-0.2, 0) is 0 Å². The van der Waals surface area contributed by atoms with Crippen LogP contribution in [0.4, 0.5) is 0 Å². The summed E-state index contributed by atoms with van der Waals surface area (Å²) in [5.41, 5.74) is 9.87. The van der Waals surface area contributed by atoms with Crippen molar-refractivity contribution in [3.63, 3.8) is 0 Å². The maximum absolute atomic E-state index is 10.1. The molecule has 1 N–H and O–H groups in total. The first kappa shape index (κ1) is 21.5. The third kappa shape index (κ3) is 3.83. The summed E-state index contributed by atoms with van der Waals surface area (Å²) in [4.78, 5) is 4.92. The van der Waals surface area contributed by atoms with Crippen LogP contribution in [0.5, 0.6) is 11.5 Å². The molecule has 3 aromatic carbocycles. The summed E-state index contributed by atoms with van der Waals surface area (Å²) in [6, 6.07) is 26.0. The van der Waals surface area contributed by atoms with Crippen LogP contribution >= 0.6 is 0 Å². The van der Waals surface area contributed by atoms with Crippen molar-refractivity contribution in [2.75, 3.05) is 14.2 Å². The number of allylic oxidation sites excluding steroid dienone is 1. The highest BCUT2D eigenvalue weighted by atomic mass is 16.5. The highest BCUT2D eigenvalue weighted by Crippen LogP contribution is 2.40. The van der Waals surface area contributed by atoms with Gasteiger partial charge in [0.05, 0.1) is 37.2 Å². The van der Waals surface area contributed by atoms with Crippen LogP contribution in [-0.4, -0.2) is 24.9 Å². The Morgan fingerprint density at radius 3 is 2.00 bits per heavy atom. The van der Waals surface area contributed by atoms with Crippen molar-refractivity contribution in [2.45, 2.75) is 13.0 Å². The van der Waals surface area contributed by atoms with E-state index in [1.165, 1.54) is 5.56 Å². The highest BCUT2D eigenvalue weighted by Gasteiger charge is 2.37. The second kappa shape index (κ2) is 8.89. The Balaban J connectivity index is 1.64. The topological polar surface area (TPSA) is 69.9 Å². The van der Waals surface area contributed by atoms with Gasteiger partial charge in [0.2, 0.25) is 0 Å². The minimum absolute atomic E-state index is 0.291. The fourth-order valence-corrected chi connectivity index (χ4v) is 4.14. The predicted octanol–water partition coefficient (Wildman–Crippen LogP) is 5.15. The van der Waals surface area contributed by atoms with Crippen molar-refractivity contribution >= 4 is 11.4 Å². The Kier molecular flexibility index (Phi) is 5.62. The van der Waals surface area contributed by atoms with Crippen molar-refractivity contribution in [3.8, 4) is 17.6 Å². The Morgan fingerprint density at radius 1 is 0.853 bits per heavy atom. The lowest BCUT2D eigenvalue weighted by Crippen LogP contribution is -2.34. The van der Waals surface area contributed by atoms with Gasteiger partial charge in [0.1, 0.15) is 17.6 Å². The number of nitrogens with one attached hydrogen (secondary N) is 1. The van der Waals surface area contributed by atoms with Gasteiger partial charge < -0.3 is 9.47 Å². The van der Waals surface area contributed by atoms with E-state index in [9.17, 15) is 5.26 Å². The Morgan fingerprint density at radius 2 is 1.44 bits per heavy atom. The van der Waals surface area contributed by atoms with Crippen LogP contribution in [0.3, 0.4) is 0 Å². The van der Waals surface area contributed by atoms with Crippen LogP contribution in [0.2, 0.25) is 0 Å². The lowest BCUT2D eigenvalue weighted by molar-refractivity contribution is 0.361. The van der Waals surface area contributed by atoms with E-state index >= 15 is 0 Å². The number of nitrogens with zero attached hydrogens (tertiary/aromatic N) is 3. The lowest BCUT2D eigenvalue weighted by Gasteiger charge is -2.28. The van der Waals surface area contributed by atoms with E-state index in [1.54, 1.807) is 14.2 Å². The van der Waals surface area contributed by atoms with Gasteiger partial charge in [-0.25, -0.2) is 10.4 Å². The van der Waals surface area contributed by atoms with Crippen molar-refractivity contribution in [2.24, 2.45) is 4.99 Å². The van der Waals surface area contributed by atoms with Crippen molar-refractivity contribution in [1.29, 1.82) is 5.26 Å². The Labute approximate surface area is 199 Å². The molecule has 0 aliphatic carbocycles. The maximum atomic E-state index is 10.1. The third-order valence-corrected chi connectivity index (χ3v) is 6.04. The van der Waals surface area contributed by atoms with Gasteiger partial charge >= 0.3 is 0 Å². The van der Waals surface area contributed by atoms with E-state index in [2.05, 4.69) is 30.6 Å². The molecule has 0 saturated carbocycles. The summed E-state index contributed by atoms with van der Waals surface area (Å²) in [5.74, 6) is 2.16. The first-order valence-electron chi connectivity index (χ1n) is 11.0. The monoisotopic (exact) mass is 448 g/mol. The van der Waals surface area contributed by atoms with E-state index in [0.29, 0.717) is 11.4 Å². The van der Waals surface area contributed by atoms with E-state index in [1.807, 2.05) is 71.7 Å². The van der Waals surface area contributed by atoms with Crippen molar-refractivity contribution < 1.29 is 9.47 Å². The first-order chi connectivity index (χ1) is 16.6. The largest absolute Gasteiger partial charge is 0.497 e. The summed E-state index contributed by atoms with van der Waals surface area (Å²) in [6.45, 7) is 2.05. The maximum Gasteiger partial charge on any atom is 0.164 e. The molecule has 0 spiro atoms. The minimum Gasteiger partial charge on any atom is -0.497 e. The quantitative estimate of drug-likeness (QED) is 0.584. The lowest BCUT2D eigenvalue weighted by atomic mass is 9.99. The van der Waals surface area contributed by atoms with Gasteiger partial charge in [-0.2, -0.15) is 5.26 Å². The van der Waals surface area contributed by atoms with Crippen LogP contribution in [0.15, 0.2) is 95.3 Å². The van der Waals surface area contributed by atoms with E-state index in [0.717, 1.165) is 39.6 Å². The molecular formula is C28H24N4O2. The van der Waals surface area contributed by atoms with Crippen LogP contribution < -0.4 is 14.9 Å². The second-order valence-corrected chi connectivity index (χ2v) is 8.14. The van der Waals surface area contributed by atoms with Crippen LogP contribution in [0.1, 0.15) is 28.3 Å². The molecule has 0 aromatic heterocycles. The number of hydrogen-bond acceptors (Lipinski definition) is 6. The third-order valence-electron chi connectivity index (χ3n) is 6.04. The Bertz CT molecular complexity index is 1350. The molecule has 3 aromatic rings. The molecule has 34 heavy (non-hydrogen) atoms. The number of benzene rings is 3. The highest BCUT2D eigenvalue weighted by molar-refractivity contribution is 6.13. The van der Waals surface area contributed by atoms with E-state index < -0.39 is 0 Å². The van der Waals surface area contributed by atoms with Crippen LogP contribution in [0, 0.1) is 18.3 Å². The molecule has 6 nitrogen and oxygen atoms in total. The number of hydrazine groups is 1. The summed E-state index contributed by atoms with van der Waals surface area (Å²) in [7, 11) is 3.30. The number of nitriles is 1. The molecular weight excluding hydrogens is 424 g/mol. The normalized spacial score (nSPS) is 17.0. The molecule has 2 aliphatic heterocycles. The molecule has 0 fully saturated rings. The molecule has 0 amide bonds. The molecule has 168 valence electrons. The molecule has 0 bridgehead atoms. The summed E-state index contributed by atoms with van der Waals surface area (Å²) < 4.78 is 10.6. The molecule has 1 unspecified atom stereocenters. The zero-order valence-corrected chi connectivity index (χ0v) is 19.2. The molecule has 5 rings (SSSR count). The van der Waals surface area contributed by atoms with Crippen LogP contribution in [0.25, 0.3) is 5.70 Å². The Hall–Kier alpha value is -4.34. The number of aryl methyl sites for hydroxylation is 1. The van der Waals surface area contributed by atoms with Crippen molar-refractivity contribution in [1.82, 2.24) is 10.4 Å². The van der Waals surface area contributed by atoms with Gasteiger partial charge in [-0.05, 0) is 67.1 Å². The summed E-state index contributed by atoms with van der Waals surface area (Å²) in [5, 5.41) is 12.1. The number of rotatable bonds is 5. The second-order valence-electron chi connectivity index (χ2n) is 8.14. The van der Waals surface area contributed by atoms with E-state index in [-0.39, 0.29) is 6.04 Å². The number of hydrogen-bond donors (Lipinski definition) is 1. The number of ether oxygens (including phenoxy) is 2. The average molecular weight is 449 g/mol. The number of aliphatic imine (C=N–C) groups is 1. The molecule has 6 heteroatoms. The van der Waals surface area contributed by atoms with Gasteiger partial charge in [0.25, 0.3) is 0 Å². The van der Waals surface area contributed by atoms with Gasteiger partial charge in [-0.1, -0.05) is 29.8 Å². The fourth-order valence-electron chi connectivity index (χ4n) is 4.14. The predicted molar refractivity (Wildman–Crippen MR) is 132 cm³/mol. The SMILES string of the molecule is COc1ccc(C2=CC(c3ccc(OC)cc3)=NC3=C(C#N)C(c4ccc(C)cc4)NN23)cc1. The molecule has 2 heterocycles. The fraction of sp³-hybridized carbons (Fsp3) is 0.143. The standard InChI is InChI=1S/C28H24N4O2/c1-18-4-6-21(7-5-18)27-24(17-29)28-30-25(19-8-12-22(33-2)13-9-19)16-26(32(28)31-27)20-10-14-23(34-3)15-11-20/h4-16,27,31H,1-3H3. The zero-order chi connectivity index (χ0) is 23.7. The van der Waals surface area contributed by atoms with Gasteiger partial charge in [-0.3, -0.25) is 5.01 Å². The molecule has 0 radical (unpaired) electrons. The zero-order valence-electron chi connectivity index (χ0n) is 19.2. The minimum atomic E-state index is -0.291. The first-order valence-corrected chi connectivity index (χ1v) is 11.0. The molecule has 1 atom stereocenters.